The maximum Gasteiger partial charge on any atom is 0.336 e. The number of Topliss-reactive ketones (excluding diaryl/α,β-unsaturated/α-hetero) is 1. The molecule has 0 radical (unpaired) electrons. The van der Waals surface area contributed by atoms with Gasteiger partial charge in [0, 0.05) is 43.0 Å². The zero-order valence-corrected chi connectivity index (χ0v) is 20.8. The fourth-order valence-corrected chi connectivity index (χ4v) is 4.80. The van der Waals surface area contributed by atoms with Gasteiger partial charge in [-0.3, -0.25) is 9.69 Å². The number of halogens is 1. The second-order valence-electron chi connectivity index (χ2n) is 8.94. The number of rotatable bonds is 8. The van der Waals surface area contributed by atoms with Crippen LogP contribution in [0, 0.1) is 13.8 Å². The van der Waals surface area contributed by atoms with Gasteiger partial charge in [0.25, 0.3) is 0 Å². The first-order valence-corrected chi connectivity index (χ1v) is 12.2. The number of fused-ring (bicyclic) bond motifs is 1. The molecule has 1 fully saturated rings. The number of hydrogen-bond donors (Lipinski definition) is 0. The molecule has 1 aliphatic heterocycles. The lowest BCUT2D eigenvalue weighted by molar-refractivity contribution is 0.101. The van der Waals surface area contributed by atoms with Crippen molar-refractivity contribution in [1.29, 1.82) is 0 Å². The SMILES string of the molecule is CC(=O)c1c(C)cc2oc(=O)cc(C)c2c1OCCCCN1CCN(c2ccc(Cl)cc2)CC1. The van der Waals surface area contributed by atoms with Crippen molar-refractivity contribution in [1.82, 2.24) is 4.90 Å². The standard InChI is InChI=1S/C27H31ClN2O4/c1-18-16-23-26(19(2)17-24(32)34-23)27(25(18)20(3)31)33-15-5-4-10-29-11-13-30(14-12-29)22-8-6-21(28)7-9-22/h6-9,16-17H,4-5,10-15H2,1-3H3. The molecule has 6 nitrogen and oxygen atoms in total. The molecule has 0 unspecified atom stereocenters. The van der Waals surface area contributed by atoms with Crippen molar-refractivity contribution in [2.45, 2.75) is 33.6 Å². The molecular weight excluding hydrogens is 452 g/mol. The van der Waals surface area contributed by atoms with Crippen LogP contribution in [0.15, 0.2) is 45.6 Å². The van der Waals surface area contributed by atoms with Crippen LogP contribution in [0.5, 0.6) is 5.75 Å². The summed E-state index contributed by atoms with van der Waals surface area (Å²) in [4.78, 5) is 29.1. The minimum atomic E-state index is -0.401. The summed E-state index contributed by atoms with van der Waals surface area (Å²) in [5.41, 5.74) is 3.34. The van der Waals surface area contributed by atoms with Crippen LogP contribution in [-0.4, -0.2) is 50.0 Å². The third kappa shape index (κ3) is 5.45. The Kier molecular flexibility index (Phi) is 7.59. The summed E-state index contributed by atoms with van der Waals surface area (Å²) in [6.45, 7) is 10.8. The monoisotopic (exact) mass is 482 g/mol. The van der Waals surface area contributed by atoms with E-state index in [-0.39, 0.29) is 5.78 Å². The van der Waals surface area contributed by atoms with Crippen molar-refractivity contribution >= 4 is 34.0 Å². The van der Waals surface area contributed by atoms with Crippen LogP contribution in [-0.2, 0) is 0 Å². The summed E-state index contributed by atoms with van der Waals surface area (Å²) in [6.07, 6.45) is 1.88. The Labute approximate surface area is 205 Å². The fourth-order valence-electron chi connectivity index (χ4n) is 4.67. The number of benzene rings is 2. The molecule has 1 saturated heterocycles. The number of anilines is 1. The first kappa shape index (κ1) is 24.3. The van der Waals surface area contributed by atoms with E-state index in [1.54, 1.807) is 13.0 Å². The molecular formula is C27H31ClN2O4. The predicted molar refractivity (Wildman–Crippen MR) is 137 cm³/mol. The molecule has 0 spiro atoms. The lowest BCUT2D eigenvalue weighted by Crippen LogP contribution is -2.46. The van der Waals surface area contributed by atoms with Crippen molar-refractivity contribution in [3.8, 4) is 5.75 Å². The minimum Gasteiger partial charge on any atom is -0.492 e. The second kappa shape index (κ2) is 10.6. The molecule has 1 aromatic heterocycles. The maximum atomic E-state index is 12.4. The summed E-state index contributed by atoms with van der Waals surface area (Å²) in [5, 5.41) is 1.46. The van der Waals surface area contributed by atoms with E-state index >= 15 is 0 Å². The highest BCUT2D eigenvalue weighted by Gasteiger charge is 2.20. The van der Waals surface area contributed by atoms with E-state index < -0.39 is 5.63 Å². The van der Waals surface area contributed by atoms with Gasteiger partial charge in [-0.05, 0) is 81.6 Å². The van der Waals surface area contributed by atoms with Gasteiger partial charge in [0.15, 0.2) is 5.78 Å². The fraction of sp³-hybridized carbons (Fsp3) is 0.407. The summed E-state index contributed by atoms with van der Waals surface area (Å²) < 4.78 is 11.6. The summed E-state index contributed by atoms with van der Waals surface area (Å²) >= 11 is 6.00. The van der Waals surface area contributed by atoms with Gasteiger partial charge in [-0.1, -0.05) is 11.6 Å². The summed E-state index contributed by atoms with van der Waals surface area (Å²) in [5.74, 6) is 0.471. The van der Waals surface area contributed by atoms with Gasteiger partial charge in [0.05, 0.1) is 17.6 Å². The molecule has 0 aliphatic carbocycles. The van der Waals surface area contributed by atoms with Crippen LogP contribution in [0.2, 0.25) is 5.02 Å². The molecule has 2 aromatic carbocycles. The number of hydrogen-bond acceptors (Lipinski definition) is 6. The molecule has 180 valence electrons. The highest BCUT2D eigenvalue weighted by Crippen LogP contribution is 2.34. The molecule has 2 heterocycles. The Morgan fingerprint density at radius 2 is 1.74 bits per heavy atom. The molecule has 34 heavy (non-hydrogen) atoms. The van der Waals surface area contributed by atoms with E-state index in [1.165, 1.54) is 11.8 Å². The highest BCUT2D eigenvalue weighted by molar-refractivity contribution is 6.30. The Balaban J connectivity index is 1.32. The lowest BCUT2D eigenvalue weighted by Gasteiger charge is -2.36. The number of unbranched alkanes of at least 4 members (excludes halogenated alkanes) is 1. The Hall–Kier alpha value is -2.83. The summed E-state index contributed by atoms with van der Waals surface area (Å²) in [6, 6.07) is 11.2. The van der Waals surface area contributed by atoms with E-state index in [0.717, 1.165) is 61.7 Å². The van der Waals surface area contributed by atoms with Crippen LogP contribution in [0.3, 0.4) is 0 Å². The number of carbonyl (C=O) groups excluding carboxylic acids is 1. The van der Waals surface area contributed by atoms with Crippen molar-refractivity contribution in [3.63, 3.8) is 0 Å². The second-order valence-corrected chi connectivity index (χ2v) is 9.37. The largest absolute Gasteiger partial charge is 0.492 e. The molecule has 0 atom stereocenters. The zero-order valence-electron chi connectivity index (χ0n) is 20.0. The quantitative estimate of drug-likeness (QED) is 0.248. The van der Waals surface area contributed by atoms with E-state index in [2.05, 4.69) is 21.9 Å². The molecule has 0 amide bonds. The van der Waals surface area contributed by atoms with Crippen LogP contribution in [0.25, 0.3) is 11.0 Å². The van der Waals surface area contributed by atoms with E-state index in [4.69, 9.17) is 20.8 Å². The molecule has 4 rings (SSSR count). The van der Waals surface area contributed by atoms with Gasteiger partial charge >= 0.3 is 5.63 Å². The number of aryl methyl sites for hydroxylation is 2. The smallest absolute Gasteiger partial charge is 0.336 e. The third-order valence-electron chi connectivity index (χ3n) is 6.41. The van der Waals surface area contributed by atoms with Crippen molar-refractivity contribution in [2.24, 2.45) is 0 Å². The topological polar surface area (TPSA) is 63.0 Å². The van der Waals surface area contributed by atoms with Gasteiger partial charge in [0.1, 0.15) is 11.3 Å². The number of ether oxygens (including phenoxy) is 1. The van der Waals surface area contributed by atoms with Crippen molar-refractivity contribution in [3.05, 3.63) is 68.5 Å². The first-order valence-electron chi connectivity index (χ1n) is 11.8. The summed E-state index contributed by atoms with van der Waals surface area (Å²) in [7, 11) is 0. The maximum absolute atomic E-state index is 12.4. The third-order valence-corrected chi connectivity index (χ3v) is 6.66. The molecule has 3 aromatic rings. The van der Waals surface area contributed by atoms with Crippen molar-refractivity contribution in [2.75, 3.05) is 44.2 Å². The average Bonchev–Trinajstić information content (AvgIpc) is 2.78. The molecule has 0 saturated carbocycles. The number of ketones is 1. The normalized spacial score (nSPS) is 14.5. The van der Waals surface area contributed by atoms with Gasteiger partial charge in [0.2, 0.25) is 0 Å². The number of piperazine rings is 1. The number of nitrogens with zero attached hydrogens (tertiary/aromatic N) is 2. The zero-order chi connectivity index (χ0) is 24.2. The van der Waals surface area contributed by atoms with Gasteiger partial charge < -0.3 is 14.1 Å². The Bertz CT molecular complexity index is 1230. The van der Waals surface area contributed by atoms with E-state index in [1.807, 2.05) is 26.0 Å². The Morgan fingerprint density at radius 3 is 2.41 bits per heavy atom. The Morgan fingerprint density at radius 1 is 1.03 bits per heavy atom. The van der Waals surface area contributed by atoms with E-state index in [9.17, 15) is 9.59 Å². The molecule has 7 heteroatoms. The van der Waals surface area contributed by atoms with Gasteiger partial charge in [-0.25, -0.2) is 4.79 Å². The van der Waals surface area contributed by atoms with Crippen LogP contribution >= 0.6 is 11.6 Å². The number of carbonyl (C=O) groups is 1. The van der Waals surface area contributed by atoms with Gasteiger partial charge in [-0.15, -0.1) is 0 Å². The average molecular weight is 483 g/mol. The highest BCUT2D eigenvalue weighted by atomic mass is 35.5. The lowest BCUT2D eigenvalue weighted by atomic mass is 9.98. The van der Waals surface area contributed by atoms with Crippen LogP contribution in [0.1, 0.15) is 41.3 Å². The van der Waals surface area contributed by atoms with E-state index in [0.29, 0.717) is 28.9 Å². The first-order chi connectivity index (χ1) is 16.3. The van der Waals surface area contributed by atoms with Crippen LogP contribution < -0.4 is 15.3 Å². The van der Waals surface area contributed by atoms with Crippen LogP contribution in [0.4, 0.5) is 5.69 Å². The molecule has 0 N–H and O–H groups in total. The van der Waals surface area contributed by atoms with Gasteiger partial charge in [-0.2, -0.15) is 0 Å². The predicted octanol–water partition coefficient (Wildman–Crippen LogP) is 5.25. The van der Waals surface area contributed by atoms with Crippen molar-refractivity contribution < 1.29 is 13.9 Å². The molecule has 0 bridgehead atoms. The molecule has 1 aliphatic rings. The minimum absolute atomic E-state index is 0.0569.